The molecule has 0 unspecified atom stereocenters. The van der Waals surface area contributed by atoms with Crippen molar-refractivity contribution in [2.75, 3.05) is 13.1 Å². The third-order valence-corrected chi connectivity index (χ3v) is 12.3. The number of aromatic amines is 2. The Bertz CT molecular complexity index is 2610. The number of imidazole rings is 1. The highest BCUT2D eigenvalue weighted by atomic mass is 16.2. The second kappa shape index (κ2) is 32.0. The SMILES string of the molecule is CCCC[C@H](NC(C)=O)C(=O)N[C@@H](CCCC)C(=O)N[C@@H](Cc1cnc[nH]1)C(=O)N[C@H](Cc1ccccc1)C(=O)N[C@@H](CCCN=C(N)N)C(=O)N[C@@H](Cc1c[nH]c2ccccc12)C(=O)N[C@@H](CCCN=[N+]=[N-])C(N)=O. The van der Waals surface area contributed by atoms with E-state index in [0.29, 0.717) is 42.5 Å². The molecule has 2 aromatic carbocycles. The zero-order valence-corrected chi connectivity index (χ0v) is 43.3. The van der Waals surface area contributed by atoms with Crippen LogP contribution in [-0.4, -0.2) is 124 Å². The Kier molecular flexibility index (Phi) is 25.3. The zero-order valence-electron chi connectivity index (χ0n) is 43.3. The van der Waals surface area contributed by atoms with Gasteiger partial charge in [-0.05, 0) is 61.2 Å². The summed E-state index contributed by atoms with van der Waals surface area (Å²) in [5.74, 6) is -5.86. The summed E-state index contributed by atoms with van der Waals surface area (Å²) in [6.45, 7) is 5.27. The zero-order chi connectivity index (χ0) is 55.4. The van der Waals surface area contributed by atoms with Gasteiger partial charge in [-0.2, -0.15) is 0 Å². The van der Waals surface area contributed by atoms with Crippen LogP contribution in [0.1, 0.15) is 102 Å². The molecule has 4 rings (SSSR count). The third kappa shape index (κ3) is 20.4. The molecule has 410 valence electrons. The first-order valence-corrected chi connectivity index (χ1v) is 25.5. The lowest BCUT2D eigenvalue weighted by molar-refractivity contribution is -0.135. The van der Waals surface area contributed by atoms with Crippen LogP contribution in [0, 0.1) is 0 Å². The standard InChI is InChI=1S/C51H73N17O8/c1-4-6-18-38(61-31(3)69)45(71)63-39(19-7-5-2)46(72)67-43(27-34-29-56-30-59-34)50(76)65-41(25-32-15-9-8-10-16-32)48(74)64-40(22-13-23-57-51(53)54)47(73)66-42(26-33-28-58-36-20-12-11-17-35(33)36)49(75)62-37(44(52)70)21-14-24-60-68-55/h8-12,15-17,20,28-30,37-43,58H,4-7,13-14,18-19,21-27H2,1-3H3,(H2,52,70)(H,56,59)(H,61,69)(H,62,75)(H,63,71)(H,64,74)(H,65,76)(H,66,73)(H,67,72)(H4,53,54,57)/t37-,38-,39-,40-,41+,42-,43-/m0/s1. The van der Waals surface area contributed by atoms with Gasteiger partial charge < -0.3 is 64.4 Å². The number of aliphatic imine (C=N–C) groups is 1. The van der Waals surface area contributed by atoms with Crippen LogP contribution in [-0.2, 0) is 57.6 Å². The van der Waals surface area contributed by atoms with Crippen molar-refractivity contribution in [2.24, 2.45) is 27.3 Å². The van der Waals surface area contributed by atoms with Crippen LogP contribution < -0.4 is 54.4 Å². The van der Waals surface area contributed by atoms with E-state index in [4.69, 9.17) is 22.7 Å². The number of guanidine groups is 1. The summed E-state index contributed by atoms with van der Waals surface area (Å²) < 4.78 is 0. The highest BCUT2D eigenvalue weighted by Gasteiger charge is 2.35. The van der Waals surface area contributed by atoms with E-state index in [1.807, 2.05) is 38.1 Å². The molecular weight excluding hydrogens is 979 g/mol. The second-order valence-electron chi connectivity index (χ2n) is 18.4. The van der Waals surface area contributed by atoms with Gasteiger partial charge in [-0.3, -0.25) is 43.3 Å². The number of azide groups is 1. The van der Waals surface area contributed by atoms with E-state index in [1.165, 1.54) is 19.4 Å². The van der Waals surface area contributed by atoms with Crippen molar-refractivity contribution in [1.82, 2.24) is 52.2 Å². The van der Waals surface area contributed by atoms with E-state index in [0.717, 1.165) is 17.3 Å². The normalized spacial score (nSPS) is 13.7. The smallest absolute Gasteiger partial charge is 0.243 e. The van der Waals surface area contributed by atoms with Crippen LogP contribution in [0.5, 0.6) is 0 Å². The van der Waals surface area contributed by atoms with Crippen LogP contribution in [0.15, 0.2) is 83.4 Å². The molecule has 7 atom stereocenters. The summed E-state index contributed by atoms with van der Waals surface area (Å²) in [7, 11) is 0. The summed E-state index contributed by atoms with van der Waals surface area (Å²) in [4.78, 5) is 127. The van der Waals surface area contributed by atoms with Crippen molar-refractivity contribution < 1.29 is 38.4 Å². The molecule has 2 heterocycles. The van der Waals surface area contributed by atoms with E-state index >= 15 is 0 Å². The number of nitrogens with two attached hydrogens (primary N) is 3. The predicted octanol–water partition coefficient (Wildman–Crippen LogP) is 1.34. The number of unbranched alkanes of at least 4 members (excludes halogenated alkanes) is 2. The highest BCUT2D eigenvalue weighted by Crippen LogP contribution is 2.20. The van der Waals surface area contributed by atoms with E-state index < -0.39 is 89.6 Å². The molecule has 0 bridgehead atoms. The fraction of sp³-hybridized carbons (Fsp3) is 0.490. The lowest BCUT2D eigenvalue weighted by Gasteiger charge is -2.28. The molecule has 8 amide bonds. The molecule has 76 heavy (non-hydrogen) atoms. The van der Waals surface area contributed by atoms with Gasteiger partial charge in [-0.15, -0.1) is 0 Å². The second-order valence-corrected chi connectivity index (χ2v) is 18.4. The van der Waals surface area contributed by atoms with Crippen molar-refractivity contribution in [3.05, 3.63) is 101 Å². The summed E-state index contributed by atoms with van der Waals surface area (Å²) in [5.41, 5.74) is 28.1. The van der Waals surface area contributed by atoms with E-state index in [-0.39, 0.29) is 70.4 Å². The largest absolute Gasteiger partial charge is 0.370 e. The number of para-hydroxylation sites is 1. The molecule has 25 nitrogen and oxygen atoms in total. The monoisotopic (exact) mass is 1050 g/mol. The Morgan fingerprint density at radius 2 is 1.08 bits per heavy atom. The number of nitrogens with one attached hydrogen (secondary N) is 9. The van der Waals surface area contributed by atoms with Gasteiger partial charge in [0.05, 0.1) is 6.33 Å². The number of nitrogens with zero attached hydrogens (tertiary/aromatic N) is 5. The molecule has 25 heteroatoms. The maximum atomic E-state index is 14.7. The fourth-order valence-corrected chi connectivity index (χ4v) is 8.32. The van der Waals surface area contributed by atoms with E-state index in [9.17, 15) is 38.4 Å². The number of fused-ring (bicyclic) bond motifs is 1. The van der Waals surface area contributed by atoms with E-state index in [2.05, 4.69) is 67.2 Å². The number of hydrogen-bond acceptors (Lipinski definition) is 11. The summed E-state index contributed by atoms with van der Waals surface area (Å²) in [6.07, 6.45) is 7.84. The van der Waals surface area contributed by atoms with Gasteiger partial charge in [-0.25, -0.2) is 4.98 Å². The number of rotatable bonds is 34. The van der Waals surface area contributed by atoms with Gasteiger partial charge in [0.2, 0.25) is 47.3 Å². The van der Waals surface area contributed by atoms with Crippen molar-refractivity contribution in [3.63, 3.8) is 0 Å². The minimum absolute atomic E-state index is 0.0355. The Morgan fingerprint density at radius 3 is 1.62 bits per heavy atom. The Labute approximate surface area is 440 Å². The van der Waals surface area contributed by atoms with Gasteiger partial charge in [0.25, 0.3) is 0 Å². The molecule has 0 aliphatic heterocycles. The summed E-state index contributed by atoms with van der Waals surface area (Å²) >= 11 is 0. The number of carbonyl (C=O) groups is 8. The van der Waals surface area contributed by atoms with Crippen LogP contribution in [0.3, 0.4) is 0 Å². The maximum Gasteiger partial charge on any atom is 0.243 e. The van der Waals surface area contributed by atoms with Gasteiger partial charge in [0.15, 0.2) is 5.96 Å². The summed E-state index contributed by atoms with van der Waals surface area (Å²) in [6, 6.07) is 7.48. The number of benzene rings is 2. The predicted molar refractivity (Wildman–Crippen MR) is 285 cm³/mol. The molecule has 15 N–H and O–H groups in total. The molecule has 4 aromatic rings. The molecule has 0 saturated heterocycles. The molecule has 0 aliphatic rings. The number of amides is 8. The Hall–Kier alpha value is -8.47. The minimum Gasteiger partial charge on any atom is -0.370 e. The average Bonchev–Trinajstić information content (AvgIpc) is 4.07. The first-order valence-electron chi connectivity index (χ1n) is 25.5. The molecule has 0 radical (unpaired) electrons. The maximum absolute atomic E-state index is 14.7. The highest BCUT2D eigenvalue weighted by molar-refractivity contribution is 5.98. The number of H-pyrrole nitrogens is 2. The molecule has 0 spiro atoms. The lowest BCUT2D eigenvalue weighted by Crippen LogP contribution is -2.60. The number of aromatic nitrogens is 3. The van der Waals surface area contributed by atoms with Crippen LogP contribution >= 0.6 is 0 Å². The van der Waals surface area contributed by atoms with Crippen molar-refractivity contribution in [3.8, 4) is 0 Å². The minimum atomic E-state index is -1.37. The first kappa shape index (κ1) is 60.1. The quantitative estimate of drug-likeness (QED) is 0.00791. The van der Waals surface area contributed by atoms with Crippen molar-refractivity contribution in [2.45, 2.75) is 147 Å². The fourth-order valence-electron chi connectivity index (χ4n) is 8.32. The van der Waals surface area contributed by atoms with Crippen LogP contribution in [0.4, 0.5) is 0 Å². The summed E-state index contributed by atoms with van der Waals surface area (Å²) in [5, 5.41) is 23.5. The van der Waals surface area contributed by atoms with Gasteiger partial charge >= 0.3 is 0 Å². The van der Waals surface area contributed by atoms with Crippen molar-refractivity contribution in [1.29, 1.82) is 0 Å². The Balaban J connectivity index is 1.67. The van der Waals surface area contributed by atoms with Crippen molar-refractivity contribution >= 4 is 64.1 Å². The average molecular weight is 1050 g/mol. The number of primary amides is 1. The topological polar surface area (TPSA) is 404 Å². The first-order chi connectivity index (χ1) is 36.5. The van der Waals surface area contributed by atoms with Gasteiger partial charge in [0.1, 0.15) is 42.3 Å². The third-order valence-electron chi connectivity index (χ3n) is 12.3. The van der Waals surface area contributed by atoms with E-state index in [1.54, 1.807) is 36.5 Å². The number of hydrogen-bond donors (Lipinski definition) is 12. The molecule has 0 saturated carbocycles. The van der Waals surface area contributed by atoms with Crippen LogP contribution in [0.25, 0.3) is 21.3 Å². The molecular formula is C51H73N17O8. The molecule has 0 aliphatic carbocycles. The van der Waals surface area contributed by atoms with Crippen LogP contribution in [0.2, 0.25) is 0 Å². The molecule has 0 fully saturated rings. The van der Waals surface area contributed by atoms with Gasteiger partial charge in [-0.1, -0.05) is 93.2 Å². The Morgan fingerprint density at radius 1 is 0.592 bits per heavy atom. The lowest BCUT2D eigenvalue weighted by atomic mass is 10.0. The van der Waals surface area contributed by atoms with Gasteiger partial charge in [0, 0.05) is 73.2 Å². The number of carbonyl (C=O) groups excluding carboxylic acids is 8. The molecule has 2 aromatic heterocycles.